The first-order valence-corrected chi connectivity index (χ1v) is 12.3. The zero-order chi connectivity index (χ0) is 26.0. The highest BCUT2D eigenvalue weighted by Crippen LogP contribution is 2.44. The van der Waals surface area contributed by atoms with E-state index in [1.165, 1.54) is 0 Å². The number of amides is 1. The Morgan fingerprint density at radius 1 is 1.00 bits per heavy atom. The van der Waals surface area contributed by atoms with Crippen molar-refractivity contribution < 1.29 is 19.1 Å². The molecule has 1 N–H and O–H groups in total. The molecular weight excluding hydrogens is 456 g/mol. The second-order valence-electron chi connectivity index (χ2n) is 10.4. The number of esters is 1. The second-order valence-corrected chi connectivity index (χ2v) is 10.4. The number of alkyl carbamates (subject to hydrolysis) is 1. The van der Waals surface area contributed by atoms with Crippen LogP contribution >= 0.6 is 0 Å². The Morgan fingerprint density at radius 2 is 1.58 bits per heavy atom. The van der Waals surface area contributed by atoms with Crippen LogP contribution in [-0.4, -0.2) is 45.1 Å². The van der Waals surface area contributed by atoms with E-state index in [1.54, 1.807) is 20.8 Å². The molecule has 8 heteroatoms. The fraction of sp³-hybridized carbons (Fsp3) is 0.429. The topological polar surface area (TPSA) is 95.3 Å². The van der Waals surface area contributed by atoms with Crippen molar-refractivity contribution in [1.82, 2.24) is 20.1 Å². The molecule has 0 saturated carbocycles. The van der Waals surface area contributed by atoms with Crippen molar-refractivity contribution in [2.24, 2.45) is 0 Å². The van der Waals surface area contributed by atoms with Crippen LogP contribution in [0.25, 0.3) is 11.1 Å². The van der Waals surface area contributed by atoms with E-state index in [1.807, 2.05) is 49.6 Å². The fourth-order valence-corrected chi connectivity index (χ4v) is 4.76. The second kappa shape index (κ2) is 10.1. The molecule has 0 unspecified atom stereocenters. The van der Waals surface area contributed by atoms with Crippen LogP contribution in [0.5, 0.6) is 0 Å². The molecule has 1 heterocycles. The van der Waals surface area contributed by atoms with Gasteiger partial charge in [0.05, 0.1) is 0 Å². The summed E-state index contributed by atoms with van der Waals surface area (Å²) in [5.74, 6) is 0.711. The lowest BCUT2D eigenvalue weighted by atomic mass is 9.98. The maximum Gasteiger partial charge on any atom is 0.407 e. The van der Waals surface area contributed by atoms with Crippen molar-refractivity contribution in [3.63, 3.8) is 0 Å². The van der Waals surface area contributed by atoms with Crippen LogP contribution in [0, 0.1) is 6.92 Å². The molecule has 0 fully saturated rings. The Hall–Kier alpha value is -3.68. The highest BCUT2D eigenvalue weighted by atomic mass is 16.6. The third-order valence-corrected chi connectivity index (χ3v) is 6.17. The van der Waals surface area contributed by atoms with Crippen LogP contribution in [0.1, 0.15) is 69.4 Å². The normalized spacial score (nSPS) is 13.8. The van der Waals surface area contributed by atoms with E-state index >= 15 is 0 Å². The lowest BCUT2D eigenvalue weighted by Gasteiger charge is -2.25. The average Bonchev–Trinajstić information content (AvgIpc) is 3.33. The first-order valence-electron chi connectivity index (χ1n) is 12.3. The van der Waals surface area contributed by atoms with E-state index in [-0.39, 0.29) is 25.0 Å². The molecule has 0 saturated heterocycles. The molecule has 1 aliphatic carbocycles. The minimum atomic E-state index is -0.971. The van der Waals surface area contributed by atoms with E-state index in [0.29, 0.717) is 5.82 Å². The fourth-order valence-electron chi connectivity index (χ4n) is 4.76. The predicted molar refractivity (Wildman–Crippen MR) is 137 cm³/mol. The van der Waals surface area contributed by atoms with E-state index in [2.05, 4.69) is 39.8 Å². The molecule has 4 rings (SSSR count). The largest absolute Gasteiger partial charge is 0.458 e. The van der Waals surface area contributed by atoms with E-state index in [0.717, 1.165) is 28.1 Å². The highest BCUT2D eigenvalue weighted by molar-refractivity contribution is 5.82. The first-order chi connectivity index (χ1) is 17.0. The number of hydrogen-bond donors (Lipinski definition) is 1. The third kappa shape index (κ3) is 5.42. The van der Waals surface area contributed by atoms with Gasteiger partial charge in [0.15, 0.2) is 0 Å². The molecule has 1 aliphatic rings. The van der Waals surface area contributed by atoms with Crippen molar-refractivity contribution in [3.05, 3.63) is 71.3 Å². The summed E-state index contributed by atoms with van der Waals surface area (Å²) in [6.07, 6.45) is -0.543. The minimum Gasteiger partial charge on any atom is -0.458 e. The molecule has 0 bridgehead atoms. The summed E-state index contributed by atoms with van der Waals surface area (Å²) >= 11 is 0. The van der Waals surface area contributed by atoms with E-state index < -0.39 is 23.7 Å². The lowest BCUT2D eigenvalue weighted by Crippen LogP contribution is -2.46. The van der Waals surface area contributed by atoms with Crippen LogP contribution in [0.15, 0.2) is 48.5 Å². The van der Waals surface area contributed by atoms with Crippen molar-refractivity contribution in [2.75, 3.05) is 6.61 Å². The molecular formula is C28H34N4O4. The number of carbonyl (C=O) groups excluding carboxylic acids is 2. The Bertz CT molecular complexity index is 1210. The molecule has 0 radical (unpaired) electrons. The number of nitrogens with zero attached hydrogens (tertiary/aromatic N) is 3. The molecule has 0 aliphatic heterocycles. The Balaban J connectivity index is 1.50. The van der Waals surface area contributed by atoms with Gasteiger partial charge in [-0.2, -0.15) is 0 Å². The Morgan fingerprint density at radius 3 is 2.14 bits per heavy atom. The summed E-state index contributed by atoms with van der Waals surface area (Å²) in [7, 11) is 0. The third-order valence-electron chi connectivity index (χ3n) is 6.17. The summed E-state index contributed by atoms with van der Waals surface area (Å²) in [6, 6.07) is 15.4. The van der Waals surface area contributed by atoms with Crippen LogP contribution in [0.4, 0.5) is 4.79 Å². The lowest BCUT2D eigenvalue weighted by molar-refractivity contribution is -0.157. The van der Waals surface area contributed by atoms with Crippen molar-refractivity contribution in [2.45, 2.75) is 71.6 Å². The molecule has 1 amide bonds. The van der Waals surface area contributed by atoms with Gasteiger partial charge >= 0.3 is 12.1 Å². The number of ether oxygens (including phenoxy) is 2. The van der Waals surface area contributed by atoms with Gasteiger partial charge in [-0.05, 0) is 63.8 Å². The summed E-state index contributed by atoms with van der Waals surface area (Å²) in [6.45, 7) is 11.4. The maximum atomic E-state index is 13.0. The zero-order valence-corrected chi connectivity index (χ0v) is 21.7. The molecule has 1 aromatic heterocycles. The number of carbonyl (C=O) groups is 2. The van der Waals surface area contributed by atoms with Gasteiger partial charge in [-0.1, -0.05) is 48.5 Å². The number of hydrogen-bond acceptors (Lipinski definition) is 6. The van der Waals surface area contributed by atoms with Crippen molar-refractivity contribution in [3.8, 4) is 11.1 Å². The quantitative estimate of drug-likeness (QED) is 0.471. The number of aryl methyl sites for hydroxylation is 1. The van der Waals surface area contributed by atoms with Gasteiger partial charge < -0.3 is 19.4 Å². The van der Waals surface area contributed by atoms with Crippen LogP contribution < -0.4 is 5.32 Å². The smallest absolute Gasteiger partial charge is 0.407 e. The molecule has 8 nitrogen and oxygen atoms in total. The molecule has 2 aromatic carbocycles. The SMILES string of the molecule is Cc1nnc(C[C@H](NC(=O)OCC2c3ccccc3-c3ccccc32)C(=O)OC(C)(C)C)n1C(C)C. The van der Waals surface area contributed by atoms with E-state index in [4.69, 9.17) is 9.47 Å². The molecule has 190 valence electrons. The van der Waals surface area contributed by atoms with Crippen molar-refractivity contribution >= 4 is 12.1 Å². The van der Waals surface area contributed by atoms with Crippen LogP contribution in [0.2, 0.25) is 0 Å². The standard InChI is InChI=1S/C28H34N4O4/c1-17(2)32-18(3)30-31-25(32)15-24(26(33)36-28(4,5)6)29-27(34)35-16-23-21-13-9-7-11-19(21)20-12-8-10-14-22(20)23/h7-14,17,23-24H,15-16H2,1-6H3,(H,29,34)/t24-/m0/s1. The summed E-state index contributed by atoms with van der Waals surface area (Å²) in [4.78, 5) is 26.0. The summed E-state index contributed by atoms with van der Waals surface area (Å²) in [5.41, 5.74) is 3.83. The maximum absolute atomic E-state index is 13.0. The van der Waals surface area contributed by atoms with Gasteiger partial charge in [0.1, 0.15) is 29.9 Å². The van der Waals surface area contributed by atoms with Gasteiger partial charge in [-0.25, -0.2) is 9.59 Å². The minimum absolute atomic E-state index is 0.0742. The van der Waals surface area contributed by atoms with E-state index in [9.17, 15) is 9.59 Å². The number of rotatable bonds is 7. The predicted octanol–water partition coefficient (Wildman–Crippen LogP) is 4.96. The summed E-state index contributed by atoms with van der Waals surface area (Å²) < 4.78 is 13.2. The first kappa shape index (κ1) is 25.4. The summed E-state index contributed by atoms with van der Waals surface area (Å²) in [5, 5.41) is 11.1. The van der Waals surface area contributed by atoms with Gasteiger partial charge in [-0.3, -0.25) is 0 Å². The van der Waals surface area contributed by atoms with Gasteiger partial charge in [0, 0.05) is 18.4 Å². The Labute approximate surface area is 212 Å². The average molecular weight is 491 g/mol. The van der Waals surface area contributed by atoms with Gasteiger partial charge in [0.2, 0.25) is 0 Å². The zero-order valence-electron chi connectivity index (χ0n) is 21.7. The number of fused-ring (bicyclic) bond motifs is 3. The molecule has 3 aromatic rings. The number of benzene rings is 2. The number of nitrogens with one attached hydrogen (secondary N) is 1. The van der Waals surface area contributed by atoms with Crippen molar-refractivity contribution in [1.29, 1.82) is 0 Å². The Kier molecular flexibility index (Phi) is 7.15. The molecule has 0 spiro atoms. The molecule has 36 heavy (non-hydrogen) atoms. The monoisotopic (exact) mass is 490 g/mol. The highest BCUT2D eigenvalue weighted by Gasteiger charge is 2.32. The molecule has 1 atom stereocenters. The van der Waals surface area contributed by atoms with Crippen LogP contribution in [-0.2, 0) is 20.7 Å². The van der Waals surface area contributed by atoms with Crippen LogP contribution in [0.3, 0.4) is 0 Å². The van der Waals surface area contributed by atoms with Gasteiger partial charge in [0.25, 0.3) is 0 Å². The number of aromatic nitrogens is 3. The van der Waals surface area contributed by atoms with Gasteiger partial charge in [-0.15, -0.1) is 10.2 Å².